The predicted octanol–water partition coefficient (Wildman–Crippen LogP) is 1.55. The van der Waals surface area contributed by atoms with Crippen LogP contribution in [0.1, 0.15) is 18.7 Å². The minimum Gasteiger partial charge on any atom is -0.330 e. The van der Waals surface area contributed by atoms with Gasteiger partial charge < -0.3 is 5.73 Å². The summed E-state index contributed by atoms with van der Waals surface area (Å²) in [5.74, 6) is 0.999. The highest BCUT2D eigenvalue weighted by molar-refractivity contribution is 9.10. The Morgan fingerprint density at radius 3 is 3.07 bits per heavy atom. The number of pyridine rings is 1. The van der Waals surface area contributed by atoms with Crippen molar-refractivity contribution in [1.29, 1.82) is 0 Å². The van der Waals surface area contributed by atoms with E-state index in [0.717, 1.165) is 15.9 Å². The van der Waals surface area contributed by atoms with Crippen LogP contribution < -0.4 is 5.73 Å². The normalized spacial score (nSPS) is 13.4. The van der Waals surface area contributed by atoms with E-state index in [1.165, 1.54) is 0 Å². The van der Waals surface area contributed by atoms with Crippen LogP contribution in [0, 0.1) is 0 Å². The summed E-state index contributed by atoms with van der Waals surface area (Å²) in [5.41, 5.74) is 6.41. The smallest absolute Gasteiger partial charge is 0.155 e. The molecule has 14 heavy (non-hydrogen) atoms. The lowest BCUT2D eigenvalue weighted by Gasteiger charge is -1.99. The summed E-state index contributed by atoms with van der Waals surface area (Å²) in [4.78, 5) is 4.38. The van der Waals surface area contributed by atoms with Crippen molar-refractivity contribution in [3.05, 3.63) is 28.6 Å². The molecule has 2 rings (SSSR count). The molecule has 2 aromatic heterocycles. The van der Waals surface area contributed by atoms with Crippen molar-refractivity contribution in [3.63, 3.8) is 0 Å². The Balaban J connectivity index is 2.51. The van der Waals surface area contributed by atoms with E-state index in [1.54, 1.807) is 4.52 Å². The van der Waals surface area contributed by atoms with Gasteiger partial charge in [0.05, 0.1) is 0 Å². The maximum Gasteiger partial charge on any atom is 0.155 e. The van der Waals surface area contributed by atoms with Gasteiger partial charge in [-0.25, -0.2) is 9.50 Å². The van der Waals surface area contributed by atoms with E-state index >= 15 is 0 Å². The average molecular weight is 255 g/mol. The summed E-state index contributed by atoms with van der Waals surface area (Å²) < 4.78 is 2.74. The summed E-state index contributed by atoms with van der Waals surface area (Å²) in [5, 5.41) is 4.34. The van der Waals surface area contributed by atoms with Crippen molar-refractivity contribution in [2.75, 3.05) is 6.54 Å². The molecule has 0 saturated carbocycles. The monoisotopic (exact) mass is 254 g/mol. The number of nitrogens with two attached hydrogens (primary N) is 1. The molecule has 0 aliphatic heterocycles. The van der Waals surface area contributed by atoms with Crippen molar-refractivity contribution in [1.82, 2.24) is 14.6 Å². The van der Waals surface area contributed by atoms with Crippen LogP contribution in [0.25, 0.3) is 5.65 Å². The fourth-order valence-corrected chi connectivity index (χ4v) is 1.52. The third-order valence-electron chi connectivity index (χ3n) is 2.11. The van der Waals surface area contributed by atoms with Gasteiger partial charge in [-0.2, -0.15) is 5.10 Å². The Bertz CT molecular complexity index is 451. The van der Waals surface area contributed by atoms with Gasteiger partial charge in [-0.15, -0.1) is 0 Å². The van der Waals surface area contributed by atoms with Crippen LogP contribution in [0.4, 0.5) is 0 Å². The molecular formula is C9H11BrN4. The lowest BCUT2D eigenvalue weighted by molar-refractivity contribution is 0.708. The first-order chi connectivity index (χ1) is 6.70. The predicted molar refractivity (Wildman–Crippen MR) is 58.2 cm³/mol. The zero-order chi connectivity index (χ0) is 10.1. The molecule has 0 fully saturated rings. The van der Waals surface area contributed by atoms with Gasteiger partial charge in [0, 0.05) is 23.1 Å². The van der Waals surface area contributed by atoms with Crippen molar-refractivity contribution >= 4 is 21.6 Å². The Labute approximate surface area is 90.3 Å². The maximum atomic E-state index is 5.56. The standard InChI is InChI=1S/C9H11BrN4/c1-6(4-11)9-12-8-3-2-7(10)5-14(8)13-9/h2-3,5-6H,4,11H2,1H3. The summed E-state index contributed by atoms with van der Waals surface area (Å²) >= 11 is 3.38. The molecule has 4 nitrogen and oxygen atoms in total. The first-order valence-electron chi connectivity index (χ1n) is 4.42. The quantitative estimate of drug-likeness (QED) is 0.885. The van der Waals surface area contributed by atoms with Gasteiger partial charge in [0.15, 0.2) is 11.5 Å². The fourth-order valence-electron chi connectivity index (χ4n) is 1.19. The molecule has 0 amide bonds. The molecule has 2 aromatic rings. The molecular weight excluding hydrogens is 244 g/mol. The molecule has 0 spiro atoms. The van der Waals surface area contributed by atoms with Gasteiger partial charge in [0.1, 0.15) is 0 Å². The number of fused-ring (bicyclic) bond motifs is 1. The number of hydrogen-bond acceptors (Lipinski definition) is 3. The molecule has 74 valence electrons. The van der Waals surface area contributed by atoms with Crippen LogP contribution in [-0.4, -0.2) is 21.1 Å². The number of aromatic nitrogens is 3. The molecule has 1 unspecified atom stereocenters. The average Bonchev–Trinajstić information content (AvgIpc) is 2.59. The molecule has 5 heteroatoms. The SMILES string of the molecule is CC(CN)c1nc2ccc(Br)cn2n1. The van der Waals surface area contributed by atoms with E-state index in [4.69, 9.17) is 5.73 Å². The fraction of sp³-hybridized carbons (Fsp3) is 0.333. The van der Waals surface area contributed by atoms with Gasteiger partial charge >= 0.3 is 0 Å². The number of nitrogens with zero attached hydrogens (tertiary/aromatic N) is 3. The second-order valence-electron chi connectivity index (χ2n) is 3.26. The first kappa shape index (κ1) is 9.61. The minimum atomic E-state index is 0.202. The molecule has 0 bridgehead atoms. The van der Waals surface area contributed by atoms with Crippen LogP contribution in [-0.2, 0) is 0 Å². The first-order valence-corrected chi connectivity index (χ1v) is 5.22. The molecule has 0 aromatic carbocycles. The van der Waals surface area contributed by atoms with Crippen molar-refractivity contribution in [3.8, 4) is 0 Å². The van der Waals surface area contributed by atoms with Crippen LogP contribution in [0.3, 0.4) is 0 Å². The van der Waals surface area contributed by atoms with Crippen LogP contribution in [0.15, 0.2) is 22.8 Å². The molecule has 0 aliphatic carbocycles. The maximum absolute atomic E-state index is 5.56. The van der Waals surface area contributed by atoms with Gasteiger partial charge in [-0.1, -0.05) is 6.92 Å². The largest absolute Gasteiger partial charge is 0.330 e. The van der Waals surface area contributed by atoms with E-state index in [2.05, 4.69) is 26.0 Å². The van der Waals surface area contributed by atoms with E-state index in [1.807, 2.05) is 25.3 Å². The molecule has 1 atom stereocenters. The number of halogens is 1. The zero-order valence-electron chi connectivity index (χ0n) is 7.81. The van der Waals surface area contributed by atoms with E-state index in [-0.39, 0.29) is 5.92 Å². The van der Waals surface area contributed by atoms with Crippen molar-refractivity contribution in [2.24, 2.45) is 5.73 Å². The lowest BCUT2D eigenvalue weighted by atomic mass is 10.2. The van der Waals surface area contributed by atoms with Crippen LogP contribution >= 0.6 is 15.9 Å². The molecule has 2 heterocycles. The topological polar surface area (TPSA) is 56.2 Å². The Kier molecular flexibility index (Phi) is 2.52. The van der Waals surface area contributed by atoms with Crippen molar-refractivity contribution in [2.45, 2.75) is 12.8 Å². The third-order valence-corrected chi connectivity index (χ3v) is 2.57. The molecule has 0 aliphatic rings. The van der Waals surface area contributed by atoms with Gasteiger partial charge in [0.25, 0.3) is 0 Å². The van der Waals surface area contributed by atoms with Crippen LogP contribution in [0.2, 0.25) is 0 Å². The Hall–Kier alpha value is -0.940. The molecule has 0 saturated heterocycles. The summed E-state index contributed by atoms with van der Waals surface area (Å²) in [6.07, 6.45) is 1.88. The van der Waals surface area contributed by atoms with E-state index in [9.17, 15) is 0 Å². The summed E-state index contributed by atoms with van der Waals surface area (Å²) in [6.45, 7) is 2.59. The summed E-state index contributed by atoms with van der Waals surface area (Å²) in [7, 11) is 0. The molecule has 2 N–H and O–H groups in total. The van der Waals surface area contributed by atoms with E-state index in [0.29, 0.717) is 6.54 Å². The second-order valence-corrected chi connectivity index (χ2v) is 4.17. The number of rotatable bonds is 2. The highest BCUT2D eigenvalue weighted by Crippen LogP contribution is 2.14. The highest BCUT2D eigenvalue weighted by Gasteiger charge is 2.09. The lowest BCUT2D eigenvalue weighted by Crippen LogP contribution is -2.10. The van der Waals surface area contributed by atoms with Crippen LogP contribution in [0.5, 0.6) is 0 Å². The summed E-state index contributed by atoms with van der Waals surface area (Å²) in [6, 6.07) is 3.87. The van der Waals surface area contributed by atoms with Gasteiger partial charge in [0.2, 0.25) is 0 Å². The van der Waals surface area contributed by atoms with Gasteiger partial charge in [-0.3, -0.25) is 0 Å². The van der Waals surface area contributed by atoms with E-state index < -0.39 is 0 Å². The van der Waals surface area contributed by atoms with Crippen molar-refractivity contribution < 1.29 is 0 Å². The third kappa shape index (κ3) is 1.65. The minimum absolute atomic E-state index is 0.202. The Morgan fingerprint density at radius 2 is 2.36 bits per heavy atom. The number of hydrogen-bond donors (Lipinski definition) is 1. The zero-order valence-corrected chi connectivity index (χ0v) is 9.40. The second kappa shape index (κ2) is 3.67. The molecule has 0 radical (unpaired) electrons. The Morgan fingerprint density at radius 1 is 1.57 bits per heavy atom. The van der Waals surface area contributed by atoms with Gasteiger partial charge in [-0.05, 0) is 28.1 Å². The highest BCUT2D eigenvalue weighted by atomic mass is 79.9.